The average Bonchev–Trinajstić information content (AvgIpc) is 2.33. The lowest BCUT2D eigenvalue weighted by molar-refractivity contribution is -0.189. The molecule has 0 heterocycles. The molecule has 12 heteroatoms. The monoisotopic (exact) mass is 460 g/mol. The van der Waals surface area contributed by atoms with Gasteiger partial charge in [-0.15, -0.1) is 0 Å². The topological polar surface area (TPSA) is 9.23 Å². The second-order valence-corrected chi connectivity index (χ2v) is 8.13. The zero-order valence-corrected chi connectivity index (χ0v) is 14.0. The minimum Gasteiger partial charge on any atom is -0.429 e. The Morgan fingerprint density at radius 3 is 1.68 bits per heavy atom. The summed E-state index contributed by atoms with van der Waals surface area (Å²) in [5.41, 5.74) is -1.78. The van der Waals surface area contributed by atoms with E-state index in [0.29, 0.717) is 12.1 Å². The van der Waals surface area contributed by atoms with Crippen LogP contribution in [0.3, 0.4) is 0 Å². The van der Waals surface area contributed by atoms with E-state index in [1.54, 1.807) is 0 Å². The number of hydrogen-bond acceptors (Lipinski definition) is 1. The first kappa shape index (κ1) is 19.8. The fourth-order valence-corrected chi connectivity index (χ4v) is 2.84. The lowest BCUT2D eigenvalue weighted by atomic mass is 10.2. The van der Waals surface area contributed by atoms with Crippen LogP contribution in [0.5, 0.6) is 5.75 Å². The smallest absolute Gasteiger partial charge is 0.429 e. The molecule has 0 spiro atoms. The van der Waals surface area contributed by atoms with E-state index >= 15 is 0 Å². The summed E-state index contributed by atoms with van der Waals surface area (Å²) in [6.45, 7) is 0. The molecule has 0 unspecified atom stereocenters. The van der Waals surface area contributed by atoms with Crippen molar-refractivity contribution < 1.29 is 41.7 Å². The van der Waals surface area contributed by atoms with E-state index in [9.17, 15) is 37.0 Å². The van der Waals surface area contributed by atoms with E-state index in [0.717, 1.165) is 0 Å². The second-order valence-electron chi connectivity index (χ2n) is 4.80. The van der Waals surface area contributed by atoms with Crippen LogP contribution in [0.15, 0.2) is 45.8 Å². The quantitative estimate of drug-likeness (QED) is 0.429. The zero-order chi connectivity index (χ0) is 19.3. The normalized spacial score (nSPS) is 15.4. The van der Waals surface area contributed by atoms with Crippen molar-refractivity contribution in [2.45, 2.75) is 11.0 Å². The number of rotatable bonds is 4. The molecule has 0 aliphatic rings. The van der Waals surface area contributed by atoms with Gasteiger partial charge in [0.1, 0.15) is 27.8 Å². The van der Waals surface area contributed by atoms with Crippen molar-refractivity contribution in [1.82, 2.24) is 0 Å². The predicted molar refractivity (Wildman–Crippen MR) is 76.4 cm³/mol. The standard InChI is InChI=1S/C13H6BrF9OS/c14-7-5-10(15)12(11(16)6-7)13(17,18)24-8-1-3-9(4-2-8)25(19,20,21,22)23/h1-6H. The summed E-state index contributed by atoms with van der Waals surface area (Å²) in [6.07, 6.45) is -4.61. The van der Waals surface area contributed by atoms with Gasteiger partial charge in [0.25, 0.3) is 0 Å². The summed E-state index contributed by atoms with van der Waals surface area (Å²) in [7, 11) is -9.98. The molecule has 25 heavy (non-hydrogen) atoms. The Hall–Kier alpha value is -1.56. The van der Waals surface area contributed by atoms with Crippen molar-refractivity contribution >= 4 is 26.2 Å². The first-order valence-corrected chi connectivity index (χ1v) is 8.80. The Morgan fingerprint density at radius 2 is 1.28 bits per heavy atom. The predicted octanol–water partition coefficient (Wildman–Crippen LogP) is 7.51. The molecule has 0 saturated heterocycles. The van der Waals surface area contributed by atoms with Crippen molar-refractivity contribution in [3.05, 3.63) is 58.1 Å². The van der Waals surface area contributed by atoms with Gasteiger partial charge in [0.05, 0.1) is 0 Å². The van der Waals surface area contributed by atoms with E-state index in [1.807, 2.05) is 0 Å². The molecule has 0 fully saturated rings. The number of benzene rings is 2. The highest BCUT2D eigenvalue weighted by molar-refractivity contribution is 9.10. The van der Waals surface area contributed by atoms with Gasteiger partial charge in [0.15, 0.2) is 0 Å². The number of ether oxygens (including phenoxy) is 1. The molecule has 0 aromatic heterocycles. The number of halogens is 10. The number of hydrogen-bond donors (Lipinski definition) is 0. The van der Waals surface area contributed by atoms with E-state index < -0.39 is 44.2 Å². The fraction of sp³-hybridized carbons (Fsp3) is 0.0769. The SMILES string of the molecule is Fc1cc(Br)cc(F)c1C(F)(F)Oc1ccc(S(F)(F)(F)(F)F)cc1. The first-order valence-electron chi connectivity index (χ1n) is 6.05. The van der Waals surface area contributed by atoms with Crippen LogP contribution in [0.25, 0.3) is 0 Å². The van der Waals surface area contributed by atoms with Crippen LogP contribution in [0, 0.1) is 11.6 Å². The molecule has 0 N–H and O–H groups in total. The first-order chi connectivity index (χ1) is 11.0. The summed E-state index contributed by atoms with van der Waals surface area (Å²) in [5, 5.41) is 0. The summed E-state index contributed by atoms with van der Waals surface area (Å²) < 4.78 is 121. The van der Waals surface area contributed by atoms with E-state index in [4.69, 9.17) is 0 Å². The minimum absolute atomic E-state index is 0.165. The van der Waals surface area contributed by atoms with Gasteiger partial charge in [-0.2, -0.15) is 8.78 Å². The molecule has 0 radical (unpaired) electrons. The van der Waals surface area contributed by atoms with Crippen molar-refractivity contribution in [2.75, 3.05) is 0 Å². The molecule has 0 amide bonds. The highest BCUT2D eigenvalue weighted by atomic mass is 79.9. The van der Waals surface area contributed by atoms with E-state index in [2.05, 4.69) is 20.7 Å². The van der Waals surface area contributed by atoms with Crippen LogP contribution in [0.4, 0.5) is 37.0 Å². The summed E-state index contributed by atoms with van der Waals surface area (Å²) in [6, 6.07) is 1.09. The van der Waals surface area contributed by atoms with Crippen molar-refractivity contribution in [1.29, 1.82) is 0 Å². The largest absolute Gasteiger partial charge is 0.432 e. The van der Waals surface area contributed by atoms with Crippen LogP contribution in [-0.2, 0) is 6.11 Å². The van der Waals surface area contributed by atoms with Gasteiger partial charge in [-0.1, -0.05) is 35.4 Å². The van der Waals surface area contributed by atoms with Crippen molar-refractivity contribution in [3.63, 3.8) is 0 Å². The number of alkyl halides is 2. The summed E-state index contributed by atoms with van der Waals surface area (Å²) in [4.78, 5) is -2.32. The Kier molecular flexibility index (Phi) is 4.13. The highest BCUT2D eigenvalue weighted by Gasteiger charge is 2.65. The molecule has 2 rings (SSSR count). The minimum atomic E-state index is -9.98. The van der Waals surface area contributed by atoms with Crippen LogP contribution in [-0.4, -0.2) is 0 Å². The molecule has 2 aromatic rings. The Bertz CT molecular complexity index is 795. The third-order valence-corrected chi connectivity index (χ3v) is 4.43. The maximum absolute atomic E-state index is 13.9. The van der Waals surface area contributed by atoms with Gasteiger partial charge in [-0.3, -0.25) is 0 Å². The molecule has 0 saturated carbocycles. The lowest BCUT2D eigenvalue weighted by Crippen LogP contribution is -2.25. The molecule has 1 nitrogen and oxygen atoms in total. The van der Waals surface area contributed by atoms with Gasteiger partial charge in [0, 0.05) is 4.47 Å². The molecule has 0 aliphatic carbocycles. The molecule has 0 aliphatic heterocycles. The zero-order valence-electron chi connectivity index (χ0n) is 11.6. The van der Waals surface area contributed by atoms with Gasteiger partial charge in [0.2, 0.25) is 0 Å². The van der Waals surface area contributed by atoms with Gasteiger partial charge >= 0.3 is 16.3 Å². The highest BCUT2D eigenvalue weighted by Crippen LogP contribution is 3.02. The third kappa shape index (κ3) is 4.54. The van der Waals surface area contributed by atoms with Crippen LogP contribution >= 0.6 is 26.2 Å². The van der Waals surface area contributed by atoms with Gasteiger partial charge < -0.3 is 4.74 Å². The maximum atomic E-state index is 13.9. The molecule has 0 bridgehead atoms. The molecule has 140 valence electrons. The third-order valence-electron chi connectivity index (χ3n) is 2.81. The van der Waals surface area contributed by atoms with E-state index in [-0.39, 0.29) is 28.7 Å². The van der Waals surface area contributed by atoms with Crippen LogP contribution < -0.4 is 4.74 Å². The molecular formula is C13H6BrF9OS. The van der Waals surface area contributed by atoms with Crippen molar-refractivity contribution in [2.24, 2.45) is 0 Å². The maximum Gasteiger partial charge on any atom is 0.432 e. The van der Waals surface area contributed by atoms with Crippen LogP contribution in [0.2, 0.25) is 0 Å². The Labute approximate surface area is 143 Å². The summed E-state index contributed by atoms with van der Waals surface area (Å²) in [5.74, 6) is -4.36. The molecular weight excluding hydrogens is 455 g/mol. The second kappa shape index (κ2) is 5.22. The molecule has 0 atom stereocenters. The lowest BCUT2D eigenvalue weighted by Gasteiger charge is -2.40. The van der Waals surface area contributed by atoms with Crippen molar-refractivity contribution in [3.8, 4) is 5.75 Å². The van der Waals surface area contributed by atoms with Crippen LogP contribution in [0.1, 0.15) is 5.56 Å². The van der Waals surface area contributed by atoms with E-state index in [1.165, 1.54) is 0 Å². The summed E-state index contributed by atoms with van der Waals surface area (Å²) >= 11 is 2.68. The molecule has 2 aromatic carbocycles. The van der Waals surface area contributed by atoms with Gasteiger partial charge in [-0.05, 0) is 36.4 Å². The average molecular weight is 461 g/mol. The Balaban J connectivity index is 2.37. The fourth-order valence-electron chi connectivity index (χ4n) is 1.78. The Morgan fingerprint density at radius 1 is 0.840 bits per heavy atom. The van der Waals surface area contributed by atoms with Gasteiger partial charge in [-0.25, -0.2) is 8.78 Å².